The van der Waals surface area contributed by atoms with Crippen molar-refractivity contribution in [2.75, 3.05) is 6.61 Å². The Hall–Kier alpha value is -1.35. The SMILES string of the molecule is O=C(N[C@@H](CO)c1ccccc1)C1C2C3CCC(C3)C12. The molecule has 2 N–H and O–H groups in total. The molecule has 1 aromatic rings. The van der Waals surface area contributed by atoms with Crippen LogP contribution in [0.5, 0.6) is 0 Å². The Morgan fingerprint density at radius 1 is 1.20 bits per heavy atom. The van der Waals surface area contributed by atoms with Gasteiger partial charge < -0.3 is 10.4 Å². The van der Waals surface area contributed by atoms with Gasteiger partial charge in [0.2, 0.25) is 5.91 Å². The smallest absolute Gasteiger partial charge is 0.224 e. The minimum atomic E-state index is -0.261. The molecule has 1 aromatic carbocycles. The lowest BCUT2D eigenvalue weighted by Gasteiger charge is -2.18. The molecular formula is C17H21NO2. The summed E-state index contributed by atoms with van der Waals surface area (Å²) in [7, 11) is 0. The van der Waals surface area contributed by atoms with Gasteiger partial charge in [0, 0.05) is 5.92 Å². The predicted molar refractivity (Wildman–Crippen MR) is 75.7 cm³/mol. The van der Waals surface area contributed by atoms with Crippen LogP contribution in [0.2, 0.25) is 0 Å². The molecule has 3 nitrogen and oxygen atoms in total. The highest BCUT2D eigenvalue weighted by Crippen LogP contribution is 2.69. The average molecular weight is 271 g/mol. The first-order valence-corrected chi connectivity index (χ1v) is 7.75. The maximum absolute atomic E-state index is 12.5. The Bertz CT molecular complexity index is 499. The number of hydrogen-bond donors (Lipinski definition) is 2. The lowest BCUT2D eigenvalue weighted by molar-refractivity contribution is -0.124. The fourth-order valence-electron chi connectivity index (χ4n) is 4.86. The molecule has 3 aliphatic carbocycles. The van der Waals surface area contributed by atoms with Crippen LogP contribution in [0, 0.1) is 29.6 Å². The summed E-state index contributed by atoms with van der Waals surface area (Å²) in [6.07, 6.45) is 4.02. The van der Waals surface area contributed by atoms with Gasteiger partial charge in [-0.3, -0.25) is 4.79 Å². The number of carbonyl (C=O) groups is 1. The van der Waals surface area contributed by atoms with Crippen LogP contribution in [0.25, 0.3) is 0 Å². The van der Waals surface area contributed by atoms with E-state index in [9.17, 15) is 9.90 Å². The van der Waals surface area contributed by atoms with E-state index in [2.05, 4.69) is 5.32 Å². The predicted octanol–water partition coefficient (Wildman–Crippen LogP) is 2.13. The van der Waals surface area contributed by atoms with Gasteiger partial charge in [-0.2, -0.15) is 0 Å². The normalized spacial score (nSPS) is 38.4. The van der Waals surface area contributed by atoms with Crippen LogP contribution in [0.3, 0.4) is 0 Å². The van der Waals surface area contributed by atoms with Crippen LogP contribution >= 0.6 is 0 Å². The molecule has 0 heterocycles. The van der Waals surface area contributed by atoms with E-state index < -0.39 is 0 Å². The Balaban J connectivity index is 1.43. The van der Waals surface area contributed by atoms with Gasteiger partial charge in [0.15, 0.2) is 0 Å². The van der Waals surface area contributed by atoms with Crippen molar-refractivity contribution in [2.45, 2.75) is 25.3 Å². The first-order chi connectivity index (χ1) is 9.79. The maximum Gasteiger partial charge on any atom is 0.224 e. The number of aliphatic hydroxyl groups excluding tert-OH is 1. The molecule has 3 heteroatoms. The average Bonchev–Trinajstić information content (AvgIpc) is 2.94. The molecule has 5 atom stereocenters. The molecule has 4 unspecified atom stereocenters. The van der Waals surface area contributed by atoms with Crippen molar-refractivity contribution in [3.8, 4) is 0 Å². The second kappa shape index (κ2) is 4.59. The molecule has 1 amide bonds. The third-order valence-corrected chi connectivity index (χ3v) is 5.74. The molecule has 3 aliphatic rings. The lowest BCUT2D eigenvalue weighted by atomic mass is 10.0. The Morgan fingerprint density at radius 3 is 2.45 bits per heavy atom. The number of aliphatic hydroxyl groups is 1. The van der Waals surface area contributed by atoms with E-state index in [4.69, 9.17) is 0 Å². The Labute approximate surface area is 119 Å². The van der Waals surface area contributed by atoms with Gasteiger partial charge in [-0.15, -0.1) is 0 Å². The van der Waals surface area contributed by atoms with Crippen molar-refractivity contribution >= 4 is 5.91 Å². The zero-order valence-corrected chi connectivity index (χ0v) is 11.5. The van der Waals surface area contributed by atoms with E-state index in [0.29, 0.717) is 11.8 Å². The van der Waals surface area contributed by atoms with Crippen LogP contribution in [0.1, 0.15) is 30.9 Å². The van der Waals surface area contributed by atoms with Crippen LogP contribution in [0.15, 0.2) is 30.3 Å². The third kappa shape index (κ3) is 1.80. The van der Waals surface area contributed by atoms with Gasteiger partial charge in [-0.25, -0.2) is 0 Å². The van der Waals surface area contributed by atoms with Crippen LogP contribution in [-0.4, -0.2) is 17.6 Å². The van der Waals surface area contributed by atoms with Crippen molar-refractivity contribution in [1.82, 2.24) is 5.32 Å². The van der Waals surface area contributed by atoms with Crippen LogP contribution in [0.4, 0.5) is 0 Å². The molecule has 2 bridgehead atoms. The monoisotopic (exact) mass is 271 g/mol. The number of nitrogens with one attached hydrogen (secondary N) is 1. The van der Waals surface area contributed by atoms with E-state index in [1.54, 1.807) is 0 Å². The summed E-state index contributed by atoms with van der Waals surface area (Å²) in [5.41, 5.74) is 0.983. The molecule has 0 spiro atoms. The quantitative estimate of drug-likeness (QED) is 0.881. The maximum atomic E-state index is 12.5. The second-order valence-corrected chi connectivity index (χ2v) is 6.67. The Morgan fingerprint density at radius 2 is 1.85 bits per heavy atom. The molecule has 106 valence electrons. The van der Waals surface area contributed by atoms with Gasteiger partial charge in [0.05, 0.1) is 12.6 Å². The zero-order chi connectivity index (χ0) is 13.7. The molecule has 3 fully saturated rings. The van der Waals surface area contributed by atoms with Crippen molar-refractivity contribution in [1.29, 1.82) is 0 Å². The van der Waals surface area contributed by atoms with Gasteiger partial charge in [-0.1, -0.05) is 30.3 Å². The third-order valence-electron chi connectivity index (χ3n) is 5.74. The highest BCUT2D eigenvalue weighted by Gasteiger charge is 2.67. The van der Waals surface area contributed by atoms with Gasteiger partial charge in [0.1, 0.15) is 0 Å². The van der Waals surface area contributed by atoms with E-state index in [-0.39, 0.29) is 24.5 Å². The Kier molecular flexibility index (Phi) is 2.84. The molecular weight excluding hydrogens is 250 g/mol. The van der Waals surface area contributed by atoms with Crippen LogP contribution < -0.4 is 5.32 Å². The van der Waals surface area contributed by atoms with Gasteiger partial charge in [-0.05, 0) is 48.5 Å². The summed E-state index contributed by atoms with van der Waals surface area (Å²) in [5, 5.41) is 12.6. The summed E-state index contributed by atoms with van der Waals surface area (Å²) in [5.74, 6) is 3.33. The van der Waals surface area contributed by atoms with E-state index in [1.807, 2.05) is 30.3 Å². The summed E-state index contributed by atoms with van der Waals surface area (Å²) in [6, 6.07) is 9.48. The molecule has 0 aromatic heterocycles. The van der Waals surface area contributed by atoms with Gasteiger partial charge >= 0.3 is 0 Å². The van der Waals surface area contributed by atoms with E-state index in [1.165, 1.54) is 19.3 Å². The zero-order valence-electron chi connectivity index (χ0n) is 11.5. The first-order valence-electron chi connectivity index (χ1n) is 7.75. The van der Waals surface area contributed by atoms with Crippen molar-refractivity contribution in [3.05, 3.63) is 35.9 Å². The number of hydrogen-bond acceptors (Lipinski definition) is 2. The van der Waals surface area contributed by atoms with Crippen molar-refractivity contribution in [2.24, 2.45) is 29.6 Å². The molecule has 3 saturated carbocycles. The lowest BCUT2D eigenvalue weighted by Crippen LogP contribution is -2.33. The molecule has 0 radical (unpaired) electrons. The standard InChI is InChI=1S/C17H21NO2/c19-9-13(10-4-2-1-3-5-10)18-17(20)16-14-11-6-7-12(8-11)15(14)16/h1-5,11-16,19H,6-9H2,(H,18,20)/t11?,12?,13-,14?,15?,16?/m0/s1. The largest absolute Gasteiger partial charge is 0.394 e. The number of fused-ring (bicyclic) bond motifs is 5. The number of benzene rings is 1. The van der Waals surface area contributed by atoms with E-state index in [0.717, 1.165) is 17.4 Å². The highest BCUT2D eigenvalue weighted by molar-refractivity contribution is 5.83. The molecule has 0 aliphatic heterocycles. The minimum absolute atomic E-state index is 0.0370. The first kappa shape index (κ1) is 12.4. The topological polar surface area (TPSA) is 49.3 Å². The highest BCUT2D eigenvalue weighted by atomic mass is 16.3. The van der Waals surface area contributed by atoms with Crippen molar-refractivity contribution in [3.63, 3.8) is 0 Å². The summed E-state index contributed by atoms with van der Waals surface area (Å²) in [4.78, 5) is 12.5. The number of rotatable bonds is 4. The summed E-state index contributed by atoms with van der Waals surface area (Å²) >= 11 is 0. The van der Waals surface area contributed by atoms with E-state index >= 15 is 0 Å². The molecule has 20 heavy (non-hydrogen) atoms. The summed E-state index contributed by atoms with van der Waals surface area (Å²) < 4.78 is 0. The molecule has 0 saturated heterocycles. The molecule has 4 rings (SSSR count). The number of carbonyl (C=O) groups excluding carboxylic acids is 1. The van der Waals surface area contributed by atoms with Crippen LogP contribution in [-0.2, 0) is 4.79 Å². The minimum Gasteiger partial charge on any atom is -0.394 e. The fourth-order valence-corrected chi connectivity index (χ4v) is 4.86. The summed E-state index contributed by atoms with van der Waals surface area (Å²) in [6.45, 7) is -0.0370. The van der Waals surface area contributed by atoms with Crippen molar-refractivity contribution < 1.29 is 9.90 Å². The second-order valence-electron chi connectivity index (χ2n) is 6.67. The number of amides is 1. The fraction of sp³-hybridized carbons (Fsp3) is 0.588. The van der Waals surface area contributed by atoms with Gasteiger partial charge in [0.25, 0.3) is 0 Å².